The summed E-state index contributed by atoms with van der Waals surface area (Å²) in [5, 5.41) is 5.72. The lowest BCUT2D eigenvalue weighted by molar-refractivity contribution is -0.116. The van der Waals surface area contributed by atoms with Crippen LogP contribution in [0.15, 0.2) is 6.07 Å². The SMILES string of the molecule is CCOCc1nc(NC)cc(NCC(N)=O)n1. The first-order chi connectivity index (χ1) is 8.15. The van der Waals surface area contributed by atoms with E-state index in [0.29, 0.717) is 30.7 Å². The van der Waals surface area contributed by atoms with Crippen LogP contribution in [-0.4, -0.2) is 36.1 Å². The molecule has 1 rings (SSSR count). The molecule has 0 aromatic carbocycles. The highest BCUT2D eigenvalue weighted by molar-refractivity contribution is 5.78. The molecule has 7 heteroatoms. The highest BCUT2D eigenvalue weighted by atomic mass is 16.5. The van der Waals surface area contributed by atoms with Crippen LogP contribution in [-0.2, 0) is 16.1 Å². The third-order valence-electron chi connectivity index (χ3n) is 1.91. The molecule has 0 saturated heterocycles. The molecule has 0 fully saturated rings. The van der Waals surface area contributed by atoms with E-state index in [9.17, 15) is 4.79 Å². The number of primary amides is 1. The van der Waals surface area contributed by atoms with Crippen molar-refractivity contribution >= 4 is 17.5 Å². The van der Waals surface area contributed by atoms with Gasteiger partial charge in [0.1, 0.15) is 18.2 Å². The molecule has 0 aliphatic carbocycles. The number of nitrogens with zero attached hydrogens (tertiary/aromatic N) is 2. The van der Waals surface area contributed by atoms with Gasteiger partial charge in [-0.05, 0) is 6.92 Å². The van der Waals surface area contributed by atoms with E-state index in [1.807, 2.05) is 6.92 Å². The van der Waals surface area contributed by atoms with Gasteiger partial charge in [-0.3, -0.25) is 4.79 Å². The van der Waals surface area contributed by atoms with Gasteiger partial charge >= 0.3 is 0 Å². The molecule has 17 heavy (non-hydrogen) atoms. The van der Waals surface area contributed by atoms with E-state index in [1.165, 1.54) is 0 Å². The highest BCUT2D eigenvalue weighted by Crippen LogP contribution is 2.11. The lowest BCUT2D eigenvalue weighted by atomic mass is 10.4. The van der Waals surface area contributed by atoms with E-state index >= 15 is 0 Å². The second-order valence-electron chi connectivity index (χ2n) is 3.26. The maximum absolute atomic E-state index is 10.7. The summed E-state index contributed by atoms with van der Waals surface area (Å²) >= 11 is 0. The largest absolute Gasteiger partial charge is 0.374 e. The van der Waals surface area contributed by atoms with Crippen LogP contribution in [0.1, 0.15) is 12.7 Å². The number of nitrogens with one attached hydrogen (secondary N) is 2. The summed E-state index contributed by atoms with van der Waals surface area (Å²) in [4.78, 5) is 19.1. The van der Waals surface area contributed by atoms with Gasteiger partial charge in [-0.1, -0.05) is 0 Å². The van der Waals surface area contributed by atoms with Gasteiger partial charge in [0.05, 0.1) is 6.54 Å². The molecule has 1 aromatic rings. The molecule has 1 amide bonds. The van der Waals surface area contributed by atoms with Gasteiger partial charge in [0.15, 0.2) is 5.82 Å². The first-order valence-electron chi connectivity index (χ1n) is 5.31. The molecule has 0 atom stereocenters. The van der Waals surface area contributed by atoms with Gasteiger partial charge < -0.3 is 21.1 Å². The number of rotatable bonds is 7. The van der Waals surface area contributed by atoms with Crippen LogP contribution in [0.5, 0.6) is 0 Å². The Balaban J connectivity index is 2.77. The molecule has 0 unspecified atom stereocenters. The van der Waals surface area contributed by atoms with Crippen LogP contribution in [0.3, 0.4) is 0 Å². The molecule has 7 nitrogen and oxygen atoms in total. The number of anilines is 2. The molecule has 4 N–H and O–H groups in total. The average Bonchev–Trinajstić information content (AvgIpc) is 2.33. The smallest absolute Gasteiger partial charge is 0.236 e. The van der Waals surface area contributed by atoms with Gasteiger partial charge in [-0.25, -0.2) is 9.97 Å². The monoisotopic (exact) mass is 239 g/mol. The van der Waals surface area contributed by atoms with Crippen molar-refractivity contribution in [2.75, 3.05) is 30.8 Å². The molecular formula is C10H17N5O2. The zero-order valence-corrected chi connectivity index (χ0v) is 9.99. The first kappa shape index (κ1) is 13.2. The number of ether oxygens (including phenoxy) is 1. The maximum Gasteiger partial charge on any atom is 0.236 e. The van der Waals surface area contributed by atoms with E-state index in [-0.39, 0.29) is 6.54 Å². The lowest BCUT2D eigenvalue weighted by Crippen LogP contribution is -2.22. The summed E-state index contributed by atoms with van der Waals surface area (Å²) in [6.07, 6.45) is 0. The predicted octanol–water partition coefficient (Wildman–Crippen LogP) is -0.0480. The van der Waals surface area contributed by atoms with Gasteiger partial charge in [-0.2, -0.15) is 0 Å². The lowest BCUT2D eigenvalue weighted by Gasteiger charge is -2.08. The van der Waals surface area contributed by atoms with Crippen molar-refractivity contribution in [3.63, 3.8) is 0 Å². The second kappa shape index (κ2) is 6.64. The fraction of sp³-hybridized carbons (Fsp3) is 0.500. The van der Waals surface area contributed by atoms with Crippen molar-refractivity contribution in [1.29, 1.82) is 0 Å². The summed E-state index contributed by atoms with van der Waals surface area (Å²) in [6, 6.07) is 1.69. The van der Waals surface area contributed by atoms with Crippen molar-refractivity contribution in [2.24, 2.45) is 5.73 Å². The molecule has 1 heterocycles. The van der Waals surface area contributed by atoms with E-state index in [1.54, 1.807) is 13.1 Å². The minimum absolute atomic E-state index is 0.0360. The van der Waals surface area contributed by atoms with Crippen LogP contribution >= 0.6 is 0 Å². The number of nitrogens with two attached hydrogens (primary N) is 1. The predicted molar refractivity (Wildman–Crippen MR) is 64.6 cm³/mol. The van der Waals surface area contributed by atoms with E-state index < -0.39 is 5.91 Å². The zero-order valence-electron chi connectivity index (χ0n) is 9.99. The number of hydrogen-bond acceptors (Lipinski definition) is 6. The van der Waals surface area contributed by atoms with Crippen molar-refractivity contribution in [3.05, 3.63) is 11.9 Å². The van der Waals surface area contributed by atoms with Crippen molar-refractivity contribution in [3.8, 4) is 0 Å². The Morgan fingerprint density at radius 2 is 2.18 bits per heavy atom. The number of carbonyl (C=O) groups excluding carboxylic acids is 1. The summed E-state index contributed by atoms with van der Waals surface area (Å²) in [5.41, 5.74) is 5.04. The quantitative estimate of drug-likeness (QED) is 0.616. The molecular weight excluding hydrogens is 222 g/mol. The van der Waals surface area contributed by atoms with Crippen LogP contribution in [0.2, 0.25) is 0 Å². The van der Waals surface area contributed by atoms with Gasteiger partial charge in [0.25, 0.3) is 0 Å². The van der Waals surface area contributed by atoms with Gasteiger partial charge in [0.2, 0.25) is 5.91 Å². The third kappa shape index (κ3) is 4.64. The van der Waals surface area contributed by atoms with Crippen molar-refractivity contribution in [2.45, 2.75) is 13.5 Å². The minimum Gasteiger partial charge on any atom is -0.374 e. The molecule has 0 radical (unpaired) electrons. The van der Waals surface area contributed by atoms with Gasteiger partial charge in [0, 0.05) is 19.7 Å². The Bertz CT molecular complexity index is 383. The van der Waals surface area contributed by atoms with Crippen LogP contribution in [0, 0.1) is 0 Å². The summed E-state index contributed by atoms with van der Waals surface area (Å²) in [6.45, 7) is 2.86. The third-order valence-corrected chi connectivity index (χ3v) is 1.91. The number of hydrogen-bond donors (Lipinski definition) is 3. The highest BCUT2D eigenvalue weighted by Gasteiger charge is 2.04. The van der Waals surface area contributed by atoms with E-state index in [0.717, 1.165) is 0 Å². The summed E-state index contributed by atoms with van der Waals surface area (Å²) in [5.74, 6) is 1.30. The molecule has 0 saturated carbocycles. The number of carbonyl (C=O) groups is 1. The molecule has 1 aromatic heterocycles. The van der Waals surface area contributed by atoms with E-state index in [4.69, 9.17) is 10.5 Å². The normalized spacial score (nSPS) is 10.0. The Morgan fingerprint density at radius 1 is 1.47 bits per heavy atom. The Labute approximate surface area is 99.8 Å². The Morgan fingerprint density at radius 3 is 2.76 bits per heavy atom. The Hall–Kier alpha value is -1.89. The average molecular weight is 239 g/mol. The molecule has 0 aliphatic rings. The van der Waals surface area contributed by atoms with Gasteiger partial charge in [-0.15, -0.1) is 0 Å². The Kier molecular flexibility index (Phi) is 5.15. The molecule has 0 aliphatic heterocycles. The number of aromatic nitrogens is 2. The minimum atomic E-state index is -0.444. The second-order valence-corrected chi connectivity index (χ2v) is 3.26. The molecule has 0 spiro atoms. The fourth-order valence-corrected chi connectivity index (χ4v) is 1.15. The molecule has 0 bridgehead atoms. The molecule has 94 valence electrons. The van der Waals surface area contributed by atoms with Crippen LogP contribution in [0.25, 0.3) is 0 Å². The topological polar surface area (TPSA) is 102 Å². The van der Waals surface area contributed by atoms with E-state index in [2.05, 4.69) is 20.6 Å². The first-order valence-corrected chi connectivity index (χ1v) is 5.31. The standard InChI is InChI=1S/C10H17N5O2/c1-3-17-6-10-14-8(12-2)4-9(15-10)13-5-7(11)16/h4H,3,5-6H2,1-2H3,(H2,11,16)(H2,12,13,14,15). The van der Waals surface area contributed by atoms with Crippen LogP contribution in [0.4, 0.5) is 11.6 Å². The maximum atomic E-state index is 10.7. The number of amides is 1. The zero-order chi connectivity index (χ0) is 12.7. The van der Waals surface area contributed by atoms with Crippen molar-refractivity contribution < 1.29 is 9.53 Å². The summed E-state index contributed by atoms with van der Waals surface area (Å²) in [7, 11) is 1.75. The van der Waals surface area contributed by atoms with Crippen molar-refractivity contribution in [1.82, 2.24) is 9.97 Å². The van der Waals surface area contributed by atoms with Crippen LogP contribution < -0.4 is 16.4 Å². The fourth-order valence-electron chi connectivity index (χ4n) is 1.15. The summed E-state index contributed by atoms with van der Waals surface area (Å²) < 4.78 is 5.23.